The van der Waals surface area contributed by atoms with Crippen LogP contribution in [0.3, 0.4) is 0 Å². The number of unbranched alkanes of at least 4 members (excludes halogenated alkanes) is 19. The van der Waals surface area contributed by atoms with Crippen LogP contribution in [0, 0.1) is 5.92 Å². The lowest BCUT2D eigenvalue weighted by atomic mass is 9.99. The number of allylic oxidation sites excluding steroid dienone is 2. The van der Waals surface area contributed by atoms with E-state index in [0.29, 0.717) is 23.9 Å². The Labute approximate surface area is 287 Å². The second kappa shape index (κ2) is 30.7. The van der Waals surface area contributed by atoms with Crippen molar-refractivity contribution in [3.05, 3.63) is 12.2 Å². The number of quaternary nitrogens is 1. The molecule has 0 rings (SSSR count). The van der Waals surface area contributed by atoms with E-state index in [4.69, 9.17) is 13.8 Å². The molecule has 0 aliphatic rings. The highest BCUT2D eigenvalue weighted by Crippen LogP contribution is 2.38. The molecule has 0 aliphatic carbocycles. The average molecular weight is 688 g/mol. The van der Waals surface area contributed by atoms with E-state index in [1.54, 1.807) is 0 Å². The molecule has 0 aliphatic heterocycles. The maximum Gasteiger partial charge on any atom is 0.305 e. The second-order valence-electron chi connectivity index (χ2n) is 14.0. The SMILES string of the molecule is CCCCCCCCCCCCCCCC(=O)OCC(COP(=O)([O-])OCC[N+](C)(C)C)C(=O)CCCCCCCCC/C=C/C=O. The first-order valence-corrected chi connectivity index (χ1v) is 20.2. The van der Waals surface area contributed by atoms with Crippen LogP contribution >= 0.6 is 7.82 Å². The first-order chi connectivity index (χ1) is 22.5. The van der Waals surface area contributed by atoms with Gasteiger partial charge < -0.3 is 23.2 Å². The van der Waals surface area contributed by atoms with Gasteiger partial charge in [-0.2, -0.15) is 0 Å². The van der Waals surface area contributed by atoms with Gasteiger partial charge in [0, 0.05) is 12.8 Å². The van der Waals surface area contributed by atoms with Crippen molar-refractivity contribution in [3.63, 3.8) is 0 Å². The Bertz CT molecular complexity index is 858. The molecule has 0 aromatic carbocycles. The maximum atomic E-state index is 13.0. The number of esters is 1. The molecule has 0 bridgehead atoms. The minimum Gasteiger partial charge on any atom is -0.756 e. The quantitative estimate of drug-likeness (QED) is 0.0162. The molecule has 47 heavy (non-hydrogen) atoms. The van der Waals surface area contributed by atoms with Crippen molar-refractivity contribution >= 4 is 25.9 Å². The summed E-state index contributed by atoms with van der Waals surface area (Å²) in [4.78, 5) is 48.1. The molecule has 0 radical (unpaired) electrons. The van der Waals surface area contributed by atoms with Crippen LogP contribution in [0.15, 0.2) is 12.2 Å². The number of hydrogen-bond acceptors (Lipinski definition) is 8. The number of Topliss-reactive ketones (excluding diaryl/α,β-unsaturated/α-hetero) is 1. The molecule has 2 unspecified atom stereocenters. The topological polar surface area (TPSA) is 119 Å². The van der Waals surface area contributed by atoms with Gasteiger partial charge in [-0.15, -0.1) is 0 Å². The number of nitrogens with zero attached hydrogens (tertiary/aromatic N) is 1. The zero-order chi connectivity index (χ0) is 35.1. The van der Waals surface area contributed by atoms with Gasteiger partial charge >= 0.3 is 5.97 Å². The van der Waals surface area contributed by atoms with Crippen molar-refractivity contribution in [2.24, 2.45) is 5.92 Å². The van der Waals surface area contributed by atoms with Crippen LogP contribution in [0.5, 0.6) is 0 Å². The van der Waals surface area contributed by atoms with Crippen LogP contribution in [0.2, 0.25) is 0 Å². The Morgan fingerprint density at radius 1 is 0.702 bits per heavy atom. The number of ketones is 1. The summed E-state index contributed by atoms with van der Waals surface area (Å²) < 4.78 is 28.4. The van der Waals surface area contributed by atoms with E-state index in [-0.39, 0.29) is 31.4 Å². The molecule has 0 aromatic heterocycles. The average Bonchev–Trinajstić information content (AvgIpc) is 3.01. The van der Waals surface area contributed by atoms with Crippen LogP contribution in [0.25, 0.3) is 0 Å². The van der Waals surface area contributed by atoms with Crippen molar-refractivity contribution in [1.29, 1.82) is 0 Å². The number of aldehydes is 1. The van der Waals surface area contributed by atoms with Crippen molar-refractivity contribution in [1.82, 2.24) is 0 Å². The van der Waals surface area contributed by atoms with Crippen LogP contribution in [0.4, 0.5) is 0 Å². The van der Waals surface area contributed by atoms with E-state index < -0.39 is 20.3 Å². The molecule has 0 saturated heterocycles. The Morgan fingerprint density at radius 3 is 1.70 bits per heavy atom. The molecule has 0 heterocycles. The standard InChI is InChI=1S/C37H70NO8P/c1-5-6-7-8-9-10-11-12-13-17-20-23-26-29-37(41)44-33-35(34-46-47(42,43)45-32-30-38(2,3)4)36(40)28-25-22-19-16-14-15-18-21-24-27-31-39/h24,27,31,35H,5-23,25-26,28-30,32-34H2,1-4H3/b27-24+. The van der Waals surface area contributed by atoms with Crippen molar-refractivity contribution < 1.29 is 42.1 Å². The largest absolute Gasteiger partial charge is 0.756 e. The highest BCUT2D eigenvalue weighted by Gasteiger charge is 2.24. The molecule has 0 saturated carbocycles. The van der Waals surface area contributed by atoms with Gasteiger partial charge in [0.2, 0.25) is 0 Å². The van der Waals surface area contributed by atoms with Gasteiger partial charge in [-0.25, -0.2) is 0 Å². The van der Waals surface area contributed by atoms with E-state index >= 15 is 0 Å². The molecule has 0 N–H and O–H groups in total. The van der Waals surface area contributed by atoms with Gasteiger partial charge in [0.05, 0.1) is 33.7 Å². The molecule has 0 spiro atoms. The minimum absolute atomic E-state index is 0.0214. The van der Waals surface area contributed by atoms with Gasteiger partial charge in [-0.1, -0.05) is 122 Å². The first kappa shape index (κ1) is 45.6. The number of hydrogen-bond donors (Lipinski definition) is 0. The summed E-state index contributed by atoms with van der Waals surface area (Å²) in [7, 11) is 1.19. The lowest BCUT2D eigenvalue weighted by Gasteiger charge is -2.28. The van der Waals surface area contributed by atoms with Crippen molar-refractivity contribution in [2.75, 3.05) is 47.5 Å². The highest BCUT2D eigenvalue weighted by molar-refractivity contribution is 7.45. The predicted molar refractivity (Wildman–Crippen MR) is 189 cm³/mol. The van der Waals surface area contributed by atoms with E-state index in [2.05, 4.69) is 6.92 Å². The Hall–Kier alpha value is -1.38. The van der Waals surface area contributed by atoms with Crippen molar-refractivity contribution in [3.8, 4) is 0 Å². The third-order valence-electron chi connectivity index (χ3n) is 8.34. The number of ether oxygens (including phenoxy) is 1. The number of phosphoric acid groups is 1. The van der Waals surface area contributed by atoms with Gasteiger partial charge in [0.25, 0.3) is 7.82 Å². The maximum absolute atomic E-state index is 13.0. The minimum atomic E-state index is -4.59. The molecule has 9 nitrogen and oxygen atoms in total. The van der Waals surface area contributed by atoms with Gasteiger partial charge in [-0.3, -0.25) is 18.9 Å². The smallest absolute Gasteiger partial charge is 0.305 e. The van der Waals surface area contributed by atoms with Crippen LogP contribution < -0.4 is 4.89 Å². The summed E-state index contributed by atoms with van der Waals surface area (Å²) in [6, 6.07) is 0. The molecular formula is C37H70NO8P. The van der Waals surface area contributed by atoms with Crippen molar-refractivity contribution in [2.45, 2.75) is 155 Å². The summed E-state index contributed by atoms with van der Waals surface area (Å²) in [5, 5.41) is 0. The fraction of sp³-hybridized carbons (Fsp3) is 0.865. The predicted octanol–water partition coefficient (Wildman–Crippen LogP) is 8.67. The summed E-state index contributed by atoms with van der Waals surface area (Å²) in [5.41, 5.74) is 0. The summed E-state index contributed by atoms with van der Waals surface area (Å²) in [5.74, 6) is -1.38. The summed E-state index contributed by atoms with van der Waals surface area (Å²) in [6.45, 7) is 2.12. The zero-order valence-electron chi connectivity index (χ0n) is 30.6. The highest BCUT2D eigenvalue weighted by atomic mass is 31.2. The van der Waals surface area contributed by atoms with Gasteiger partial charge in [0.15, 0.2) is 0 Å². The summed E-state index contributed by atoms with van der Waals surface area (Å²) in [6.07, 6.45) is 28.6. The molecule has 276 valence electrons. The number of phosphoric ester groups is 1. The number of carbonyl (C=O) groups excluding carboxylic acids is 3. The lowest BCUT2D eigenvalue weighted by Crippen LogP contribution is -2.37. The third-order valence-corrected chi connectivity index (χ3v) is 9.30. The molecule has 0 aromatic rings. The molecule has 2 atom stereocenters. The fourth-order valence-electron chi connectivity index (χ4n) is 5.23. The molecule has 10 heteroatoms. The Morgan fingerprint density at radius 2 is 1.19 bits per heavy atom. The van der Waals surface area contributed by atoms with E-state index in [1.807, 2.05) is 27.2 Å². The fourth-order valence-corrected chi connectivity index (χ4v) is 5.98. The van der Waals surface area contributed by atoms with Gasteiger partial charge in [0.1, 0.15) is 31.8 Å². The molecule has 0 amide bonds. The van der Waals surface area contributed by atoms with E-state index in [9.17, 15) is 23.8 Å². The normalized spacial score (nSPS) is 13.9. The molecular weight excluding hydrogens is 617 g/mol. The Balaban J connectivity index is 4.43. The van der Waals surface area contributed by atoms with Crippen LogP contribution in [-0.2, 0) is 32.7 Å². The number of likely N-dealkylation sites (N-methyl/N-ethyl adjacent to an activating group) is 1. The van der Waals surface area contributed by atoms with Crippen LogP contribution in [0.1, 0.15) is 155 Å². The monoisotopic (exact) mass is 687 g/mol. The first-order valence-electron chi connectivity index (χ1n) is 18.7. The molecule has 0 fully saturated rings. The second-order valence-corrected chi connectivity index (χ2v) is 15.4. The number of carbonyl (C=O) groups is 3. The van der Waals surface area contributed by atoms with Gasteiger partial charge in [-0.05, 0) is 31.8 Å². The van der Waals surface area contributed by atoms with E-state index in [0.717, 1.165) is 70.5 Å². The Kier molecular flexibility index (Phi) is 29.8. The lowest BCUT2D eigenvalue weighted by molar-refractivity contribution is -0.870. The summed E-state index contributed by atoms with van der Waals surface area (Å²) >= 11 is 0. The van der Waals surface area contributed by atoms with Crippen LogP contribution in [-0.4, -0.2) is 70.0 Å². The zero-order valence-corrected chi connectivity index (χ0v) is 31.5. The third kappa shape index (κ3) is 32.9. The number of rotatable bonds is 35. The van der Waals surface area contributed by atoms with E-state index in [1.165, 1.54) is 70.3 Å².